The molecule has 0 aromatic heterocycles. The molecule has 0 N–H and O–H groups in total. The molecule has 0 saturated heterocycles. The largest absolute Gasteiger partial charge is 0.289 e. The lowest BCUT2D eigenvalue weighted by Crippen LogP contribution is -2.03. The van der Waals surface area contributed by atoms with E-state index in [-0.39, 0.29) is 10.6 Å². The van der Waals surface area contributed by atoms with Crippen molar-refractivity contribution in [3.8, 4) is 0 Å². The summed E-state index contributed by atoms with van der Waals surface area (Å²) < 4.78 is 26.1. The van der Waals surface area contributed by atoms with Gasteiger partial charge in [-0.1, -0.05) is 11.6 Å². The van der Waals surface area contributed by atoms with Gasteiger partial charge in [0.15, 0.2) is 17.4 Å². The van der Waals surface area contributed by atoms with E-state index in [1.54, 1.807) is 36.0 Å². The fourth-order valence-corrected chi connectivity index (χ4v) is 2.24. The topological polar surface area (TPSA) is 17.1 Å². The van der Waals surface area contributed by atoms with Gasteiger partial charge in [-0.3, -0.25) is 4.79 Å². The first-order valence-corrected chi connectivity index (χ1v) is 6.96. The molecule has 0 aliphatic carbocycles. The lowest BCUT2D eigenvalue weighted by atomic mass is 10.0. The molecule has 1 nitrogen and oxygen atoms in total. The van der Waals surface area contributed by atoms with Crippen LogP contribution in [0.25, 0.3) is 0 Å². The Morgan fingerprint density at radius 1 is 1.11 bits per heavy atom. The van der Waals surface area contributed by atoms with Gasteiger partial charge in [0.25, 0.3) is 0 Å². The molecule has 0 aliphatic heterocycles. The molecule has 0 fully saturated rings. The maximum absolute atomic E-state index is 13.2. The number of hydrogen-bond donors (Lipinski definition) is 0. The Bertz CT molecular complexity index is 626. The fraction of sp³-hybridized carbons (Fsp3) is 0.0714. The SMILES string of the molecule is CSc1ccc(C(=O)c2cc(F)c(F)cc2Cl)cc1. The molecule has 2 rings (SSSR count). The van der Waals surface area contributed by atoms with Crippen LogP contribution in [0.15, 0.2) is 41.3 Å². The van der Waals surface area contributed by atoms with E-state index in [4.69, 9.17) is 11.6 Å². The van der Waals surface area contributed by atoms with E-state index in [0.717, 1.165) is 17.0 Å². The van der Waals surface area contributed by atoms with Crippen molar-refractivity contribution in [2.75, 3.05) is 6.26 Å². The van der Waals surface area contributed by atoms with Gasteiger partial charge in [0.05, 0.1) is 5.02 Å². The Kier molecular flexibility index (Phi) is 4.22. The summed E-state index contributed by atoms with van der Waals surface area (Å²) in [4.78, 5) is 13.2. The summed E-state index contributed by atoms with van der Waals surface area (Å²) in [6.45, 7) is 0. The number of benzene rings is 2. The monoisotopic (exact) mass is 298 g/mol. The molecule has 2 aromatic rings. The number of rotatable bonds is 3. The molecule has 0 bridgehead atoms. The molecular formula is C14H9ClF2OS. The number of thioether (sulfide) groups is 1. The zero-order valence-electron chi connectivity index (χ0n) is 9.91. The van der Waals surface area contributed by atoms with Crippen LogP contribution in [0.2, 0.25) is 5.02 Å². The van der Waals surface area contributed by atoms with Crippen molar-refractivity contribution >= 4 is 29.1 Å². The van der Waals surface area contributed by atoms with E-state index < -0.39 is 17.4 Å². The van der Waals surface area contributed by atoms with Crippen molar-refractivity contribution in [1.82, 2.24) is 0 Å². The summed E-state index contributed by atoms with van der Waals surface area (Å²) in [6, 6.07) is 8.46. The van der Waals surface area contributed by atoms with Crippen LogP contribution in [0, 0.1) is 11.6 Å². The first-order valence-electron chi connectivity index (χ1n) is 5.36. The highest BCUT2D eigenvalue weighted by Crippen LogP contribution is 2.24. The predicted octanol–water partition coefficient (Wildman–Crippen LogP) is 4.57. The van der Waals surface area contributed by atoms with Crippen LogP contribution in [-0.2, 0) is 0 Å². The van der Waals surface area contributed by atoms with Crippen LogP contribution in [0.1, 0.15) is 15.9 Å². The first-order chi connectivity index (χ1) is 9.02. The van der Waals surface area contributed by atoms with Gasteiger partial charge in [-0.25, -0.2) is 8.78 Å². The third kappa shape index (κ3) is 2.96. The average Bonchev–Trinajstić information content (AvgIpc) is 2.42. The van der Waals surface area contributed by atoms with E-state index in [1.807, 2.05) is 6.26 Å². The number of hydrogen-bond acceptors (Lipinski definition) is 2. The van der Waals surface area contributed by atoms with Gasteiger partial charge in [-0.05, 0) is 42.7 Å². The minimum atomic E-state index is -1.09. The minimum Gasteiger partial charge on any atom is -0.289 e. The Labute approximate surface area is 118 Å². The van der Waals surface area contributed by atoms with Crippen molar-refractivity contribution in [1.29, 1.82) is 0 Å². The van der Waals surface area contributed by atoms with Gasteiger partial charge in [0, 0.05) is 16.0 Å². The summed E-state index contributed by atoms with van der Waals surface area (Å²) in [5.74, 6) is -2.59. The van der Waals surface area contributed by atoms with Crippen molar-refractivity contribution in [2.45, 2.75) is 4.90 Å². The van der Waals surface area contributed by atoms with Gasteiger partial charge < -0.3 is 0 Å². The van der Waals surface area contributed by atoms with Crippen LogP contribution in [0.4, 0.5) is 8.78 Å². The number of carbonyl (C=O) groups is 1. The zero-order valence-corrected chi connectivity index (χ0v) is 11.5. The quantitative estimate of drug-likeness (QED) is 0.469. The van der Waals surface area contributed by atoms with Crippen LogP contribution in [0.5, 0.6) is 0 Å². The molecule has 0 heterocycles. The minimum absolute atomic E-state index is 0.0440. The highest BCUT2D eigenvalue weighted by molar-refractivity contribution is 7.98. The van der Waals surface area contributed by atoms with E-state index in [2.05, 4.69) is 0 Å². The zero-order chi connectivity index (χ0) is 14.0. The Morgan fingerprint density at radius 3 is 2.26 bits per heavy atom. The van der Waals surface area contributed by atoms with Crippen LogP contribution in [-0.4, -0.2) is 12.0 Å². The van der Waals surface area contributed by atoms with Crippen LogP contribution in [0.3, 0.4) is 0 Å². The molecule has 19 heavy (non-hydrogen) atoms. The summed E-state index contributed by atoms with van der Waals surface area (Å²) in [5, 5.41) is -0.0992. The molecule has 0 atom stereocenters. The molecule has 0 spiro atoms. The molecule has 5 heteroatoms. The van der Waals surface area contributed by atoms with Crippen molar-refractivity contribution in [2.24, 2.45) is 0 Å². The van der Waals surface area contributed by atoms with Crippen LogP contribution < -0.4 is 0 Å². The maximum atomic E-state index is 13.2. The molecular weight excluding hydrogens is 290 g/mol. The lowest BCUT2D eigenvalue weighted by molar-refractivity contribution is 0.103. The standard InChI is InChI=1S/C14H9ClF2OS/c1-19-9-4-2-8(3-5-9)14(18)10-6-12(16)13(17)7-11(10)15/h2-7H,1H3. The average molecular weight is 299 g/mol. The second-order valence-corrected chi connectivity index (χ2v) is 5.09. The molecule has 0 radical (unpaired) electrons. The molecule has 2 aromatic carbocycles. The smallest absolute Gasteiger partial charge is 0.194 e. The third-order valence-corrected chi connectivity index (χ3v) is 3.66. The molecule has 98 valence electrons. The van der Waals surface area contributed by atoms with E-state index in [1.165, 1.54) is 0 Å². The summed E-state index contributed by atoms with van der Waals surface area (Å²) in [6.07, 6.45) is 1.92. The number of carbonyl (C=O) groups excluding carboxylic acids is 1. The Morgan fingerprint density at radius 2 is 1.68 bits per heavy atom. The van der Waals surface area contributed by atoms with Gasteiger partial charge in [-0.15, -0.1) is 11.8 Å². The first kappa shape index (κ1) is 14.0. The Balaban J connectivity index is 2.40. The van der Waals surface area contributed by atoms with Crippen LogP contribution >= 0.6 is 23.4 Å². The van der Waals surface area contributed by atoms with E-state index in [9.17, 15) is 13.6 Å². The molecule has 0 amide bonds. The highest BCUT2D eigenvalue weighted by atomic mass is 35.5. The van der Waals surface area contributed by atoms with E-state index in [0.29, 0.717) is 5.56 Å². The molecule has 0 unspecified atom stereocenters. The van der Waals surface area contributed by atoms with Gasteiger partial charge in [-0.2, -0.15) is 0 Å². The maximum Gasteiger partial charge on any atom is 0.194 e. The third-order valence-electron chi connectivity index (χ3n) is 2.61. The van der Waals surface area contributed by atoms with Gasteiger partial charge >= 0.3 is 0 Å². The van der Waals surface area contributed by atoms with Crippen molar-refractivity contribution in [3.05, 3.63) is 64.2 Å². The Hall–Kier alpha value is -1.39. The summed E-state index contributed by atoms with van der Waals surface area (Å²) in [7, 11) is 0. The normalized spacial score (nSPS) is 10.5. The number of halogens is 3. The summed E-state index contributed by atoms with van der Waals surface area (Å²) >= 11 is 7.32. The second kappa shape index (κ2) is 5.72. The number of ketones is 1. The van der Waals surface area contributed by atoms with Gasteiger partial charge in [0.1, 0.15) is 0 Å². The predicted molar refractivity (Wildman–Crippen MR) is 73.0 cm³/mol. The fourth-order valence-electron chi connectivity index (χ4n) is 1.59. The van der Waals surface area contributed by atoms with Crippen molar-refractivity contribution in [3.63, 3.8) is 0 Å². The summed E-state index contributed by atoms with van der Waals surface area (Å²) in [5.41, 5.74) is 0.336. The van der Waals surface area contributed by atoms with Crippen molar-refractivity contribution < 1.29 is 13.6 Å². The molecule has 0 aliphatic rings. The highest BCUT2D eigenvalue weighted by Gasteiger charge is 2.16. The molecule has 0 saturated carbocycles. The lowest BCUT2D eigenvalue weighted by Gasteiger charge is -2.05. The second-order valence-electron chi connectivity index (χ2n) is 3.80. The van der Waals surface area contributed by atoms with Gasteiger partial charge in [0.2, 0.25) is 0 Å². The van der Waals surface area contributed by atoms with E-state index >= 15 is 0 Å².